The maximum atomic E-state index is 11.3. The fourth-order valence-corrected chi connectivity index (χ4v) is 1.16. The van der Waals surface area contributed by atoms with Gasteiger partial charge in [-0.2, -0.15) is 4.98 Å². The Kier molecular flexibility index (Phi) is 4.23. The summed E-state index contributed by atoms with van der Waals surface area (Å²) in [4.78, 5) is 15.3. The molecule has 1 amide bonds. The van der Waals surface area contributed by atoms with Gasteiger partial charge >= 0.3 is 0 Å². The Bertz CT molecular complexity index is 324. The third-order valence-electron chi connectivity index (χ3n) is 1.86. The van der Waals surface area contributed by atoms with Crippen LogP contribution in [0.25, 0.3) is 0 Å². The first-order valence-electron chi connectivity index (χ1n) is 4.75. The lowest BCUT2D eigenvalue weighted by atomic mass is 10.2. The molecular formula is C9H15N3O3. The maximum Gasteiger partial charge on any atom is 0.249 e. The minimum atomic E-state index is -0.242. The van der Waals surface area contributed by atoms with Crippen molar-refractivity contribution in [3.05, 3.63) is 11.7 Å². The largest absolute Gasteiger partial charge is 0.375 e. The van der Waals surface area contributed by atoms with Gasteiger partial charge in [-0.3, -0.25) is 4.79 Å². The summed E-state index contributed by atoms with van der Waals surface area (Å²) in [6.45, 7) is 3.69. The van der Waals surface area contributed by atoms with Crippen molar-refractivity contribution in [2.75, 3.05) is 13.7 Å². The summed E-state index contributed by atoms with van der Waals surface area (Å²) in [5, 5.41) is 6.41. The van der Waals surface area contributed by atoms with E-state index < -0.39 is 0 Å². The highest BCUT2D eigenvalue weighted by atomic mass is 16.5. The molecule has 6 heteroatoms. The SMILES string of the molecule is CCC(NC(=O)COC)c1nc(C)no1. The predicted molar refractivity (Wildman–Crippen MR) is 52.1 cm³/mol. The molecule has 0 aromatic carbocycles. The van der Waals surface area contributed by atoms with Crippen LogP contribution in [-0.4, -0.2) is 29.8 Å². The van der Waals surface area contributed by atoms with Crippen molar-refractivity contribution in [1.29, 1.82) is 0 Å². The number of aryl methyl sites for hydroxylation is 1. The van der Waals surface area contributed by atoms with Gasteiger partial charge in [0.2, 0.25) is 11.8 Å². The molecule has 0 aliphatic carbocycles. The van der Waals surface area contributed by atoms with Crippen molar-refractivity contribution in [3.63, 3.8) is 0 Å². The monoisotopic (exact) mass is 213 g/mol. The average Bonchev–Trinajstić information content (AvgIpc) is 2.61. The predicted octanol–water partition coefficient (Wildman–Crippen LogP) is 0.592. The second kappa shape index (κ2) is 5.45. The van der Waals surface area contributed by atoms with E-state index in [1.165, 1.54) is 7.11 Å². The number of nitrogens with zero attached hydrogens (tertiary/aromatic N) is 2. The second-order valence-corrected chi connectivity index (χ2v) is 3.14. The Morgan fingerprint density at radius 2 is 2.40 bits per heavy atom. The smallest absolute Gasteiger partial charge is 0.249 e. The molecule has 0 fully saturated rings. The first kappa shape index (κ1) is 11.6. The van der Waals surface area contributed by atoms with E-state index in [0.717, 1.165) is 0 Å². The maximum absolute atomic E-state index is 11.3. The zero-order valence-electron chi connectivity index (χ0n) is 9.11. The van der Waals surface area contributed by atoms with E-state index in [-0.39, 0.29) is 18.6 Å². The quantitative estimate of drug-likeness (QED) is 0.774. The van der Waals surface area contributed by atoms with Gasteiger partial charge in [0.05, 0.1) is 0 Å². The number of ether oxygens (including phenoxy) is 1. The lowest BCUT2D eigenvalue weighted by molar-refractivity contribution is -0.125. The van der Waals surface area contributed by atoms with Crippen molar-refractivity contribution in [3.8, 4) is 0 Å². The number of carbonyl (C=O) groups is 1. The summed E-state index contributed by atoms with van der Waals surface area (Å²) in [6, 6.07) is -0.242. The molecule has 0 saturated heterocycles. The number of aromatic nitrogens is 2. The summed E-state index contributed by atoms with van der Waals surface area (Å²) in [7, 11) is 1.47. The first-order chi connectivity index (χ1) is 7.17. The van der Waals surface area contributed by atoms with Crippen LogP contribution in [0.2, 0.25) is 0 Å². The van der Waals surface area contributed by atoms with Gasteiger partial charge in [-0.15, -0.1) is 0 Å². The molecule has 84 valence electrons. The minimum absolute atomic E-state index is 0.0314. The van der Waals surface area contributed by atoms with Crippen LogP contribution in [0.1, 0.15) is 31.1 Å². The number of methoxy groups -OCH3 is 1. The van der Waals surface area contributed by atoms with Gasteiger partial charge in [0, 0.05) is 7.11 Å². The summed E-state index contributed by atoms with van der Waals surface area (Å²) in [5.74, 6) is 0.795. The normalized spacial score (nSPS) is 12.5. The van der Waals surface area contributed by atoms with Crippen molar-refractivity contribution >= 4 is 5.91 Å². The molecule has 0 aliphatic heterocycles. The molecule has 1 aromatic heterocycles. The standard InChI is InChI=1S/C9H15N3O3/c1-4-7(11-8(13)5-14-3)9-10-6(2)12-15-9/h7H,4-5H2,1-3H3,(H,11,13). The lowest BCUT2D eigenvalue weighted by Gasteiger charge is -2.11. The number of carbonyl (C=O) groups excluding carboxylic acids is 1. The van der Waals surface area contributed by atoms with Crippen molar-refractivity contribution < 1.29 is 14.1 Å². The summed E-state index contributed by atoms with van der Waals surface area (Å²) in [5.41, 5.74) is 0. The Morgan fingerprint density at radius 3 is 2.87 bits per heavy atom. The highest BCUT2D eigenvalue weighted by Crippen LogP contribution is 2.13. The van der Waals surface area contributed by atoms with Gasteiger partial charge in [0.25, 0.3) is 0 Å². The van der Waals surface area contributed by atoms with Gasteiger partial charge in [-0.1, -0.05) is 12.1 Å². The Morgan fingerprint density at radius 1 is 1.67 bits per heavy atom. The molecule has 1 rings (SSSR count). The van der Waals surface area contributed by atoms with Crippen molar-refractivity contribution in [1.82, 2.24) is 15.5 Å². The molecule has 1 atom stereocenters. The Labute approximate surface area is 88.0 Å². The van der Waals surface area contributed by atoms with Gasteiger partial charge in [-0.05, 0) is 13.3 Å². The molecule has 15 heavy (non-hydrogen) atoms. The number of hydrogen-bond donors (Lipinski definition) is 1. The second-order valence-electron chi connectivity index (χ2n) is 3.14. The third-order valence-corrected chi connectivity index (χ3v) is 1.86. The minimum Gasteiger partial charge on any atom is -0.375 e. The molecule has 1 unspecified atom stereocenters. The van der Waals surface area contributed by atoms with Gasteiger partial charge in [0.1, 0.15) is 12.6 Å². The number of hydrogen-bond acceptors (Lipinski definition) is 5. The van der Waals surface area contributed by atoms with Crippen LogP contribution >= 0.6 is 0 Å². The van der Waals surface area contributed by atoms with Crippen LogP contribution in [0.15, 0.2) is 4.52 Å². The Balaban J connectivity index is 2.60. The molecule has 1 aromatic rings. The number of rotatable bonds is 5. The van der Waals surface area contributed by atoms with Crippen LogP contribution in [0.5, 0.6) is 0 Å². The molecule has 0 bridgehead atoms. The molecule has 0 saturated carbocycles. The van der Waals surface area contributed by atoms with E-state index in [9.17, 15) is 4.79 Å². The highest BCUT2D eigenvalue weighted by Gasteiger charge is 2.18. The van der Waals surface area contributed by atoms with Crippen molar-refractivity contribution in [2.24, 2.45) is 0 Å². The molecule has 1 N–H and O–H groups in total. The van der Waals surface area contributed by atoms with Crippen LogP contribution in [0.4, 0.5) is 0 Å². The van der Waals surface area contributed by atoms with E-state index in [1.54, 1.807) is 6.92 Å². The lowest BCUT2D eigenvalue weighted by Crippen LogP contribution is -2.31. The van der Waals surface area contributed by atoms with E-state index >= 15 is 0 Å². The van der Waals surface area contributed by atoms with Crippen LogP contribution < -0.4 is 5.32 Å². The van der Waals surface area contributed by atoms with Crippen LogP contribution in [-0.2, 0) is 9.53 Å². The van der Waals surface area contributed by atoms with Gasteiger partial charge in [-0.25, -0.2) is 0 Å². The fraction of sp³-hybridized carbons (Fsp3) is 0.667. The zero-order chi connectivity index (χ0) is 11.3. The van der Waals surface area contributed by atoms with Gasteiger partial charge in [0.15, 0.2) is 5.82 Å². The summed E-state index contributed by atoms with van der Waals surface area (Å²) < 4.78 is 9.69. The average molecular weight is 213 g/mol. The first-order valence-corrected chi connectivity index (χ1v) is 4.75. The third kappa shape index (κ3) is 3.32. The van der Waals surface area contributed by atoms with Crippen LogP contribution in [0, 0.1) is 6.92 Å². The molecule has 1 heterocycles. The van der Waals surface area contributed by atoms with E-state index in [1.807, 2.05) is 6.92 Å². The van der Waals surface area contributed by atoms with Crippen molar-refractivity contribution in [2.45, 2.75) is 26.3 Å². The van der Waals surface area contributed by atoms with E-state index in [4.69, 9.17) is 9.26 Å². The zero-order valence-corrected chi connectivity index (χ0v) is 9.11. The fourth-order valence-electron chi connectivity index (χ4n) is 1.16. The van der Waals surface area contributed by atoms with E-state index in [2.05, 4.69) is 15.5 Å². The summed E-state index contributed by atoms with van der Waals surface area (Å²) >= 11 is 0. The number of nitrogens with one attached hydrogen (secondary N) is 1. The van der Waals surface area contributed by atoms with Gasteiger partial charge < -0.3 is 14.6 Å². The number of amides is 1. The molecule has 0 aliphatic rings. The van der Waals surface area contributed by atoms with E-state index in [0.29, 0.717) is 18.1 Å². The molecule has 0 spiro atoms. The molecule has 0 radical (unpaired) electrons. The Hall–Kier alpha value is -1.43. The molecular weight excluding hydrogens is 198 g/mol. The topological polar surface area (TPSA) is 77.2 Å². The molecule has 6 nitrogen and oxygen atoms in total. The summed E-state index contributed by atoms with van der Waals surface area (Å²) in [6.07, 6.45) is 0.692. The highest BCUT2D eigenvalue weighted by molar-refractivity contribution is 5.77. The van der Waals surface area contributed by atoms with Crippen LogP contribution in [0.3, 0.4) is 0 Å².